The van der Waals surface area contributed by atoms with Crippen LogP contribution in [0.4, 0.5) is 4.79 Å². The summed E-state index contributed by atoms with van der Waals surface area (Å²) in [5, 5.41) is 0.137. The van der Waals surface area contributed by atoms with E-state index in [0.717, 1.165) is 22.9 Å². The molecule has 1 aliphatic heterocycles. The van der Waals surface area contributed by atoms with E-state index < -0.39 is 11.9 Å². The SMILES string of the molecule is COc1cccc(/C=C2\SC(=O)N(Cc3ccccc3C)C2=O)c1OC(=O)c1ccc(Cl)cc1. The number of imide groups is 1. The molecule has 0 aliphatic carbocycles. The predicted octanol–water partition coefficient (Wildman–Crippen LogP) is 6.11. The number of carbonyl (C=O) groups is 3. The molecule has 0 saturated carbocycles. The lowest BCUT2D eigenvalue weighted by molar-refractivity contribution is -0.123. The van der Waals surface area contributed by atoms with E-state index in [1.54, 1.807) is 42.5 Å². The Bertz CT molecular complexity index is 1300. The highest BCUT2D eigenvalue weighted by molar-refractivity contribution is 8.18. The third kappa shape index (κ3) is 5.00. The molecule has 1 heterocycles. The van der Waals surface area contributed by atoms with Crippen LogP contribution in [0.1, 0.15) is 27.0 Å². The molecule has 0 radical (unpaired) electrons. The van der Waals surface area contributed by atoms with Crippen molar-refractivity contribution in [3.8, 4) is 11.5 Å². The van der Waals surface area contributed by atoms with E-state index in [1.165, 1.54) is 18.1 Å². The Morgan fingerprint density at radius 2 is 1.76 bits per heavy atom. The highest BCUT2D eigenvalue weighted by atomic mass is 35.5. The first-order valence-electron chi connectivity index (χ1n) is 10.3. The molecule has 0 atom stereocenters. The van der Waals surface area contributed by atoms with Crippen molar-refractivity contribution in [2.45, 2.75) is 13.5 Å². The van der Waals surface area contributed by atoms with E-state index in [-0.39, 0.29) is 22.4 Å². The van der Waals surface area contributed by atoms with Crippen LogP contribution in [0.25, 0.3) is 6.08 Å². The Labute approximate surface area is 206 Å². The number of thioether (sulfide) groups is 1. The zero-order valence-corrected chi connectivity index (χ0v) is 20.0. The second kappa shape index (κ2) is 10.2. The average molecular weight is 494 g/mol. The van der Waals surface area contributed by atoms with Crippen LogP contribution < -0.4 is 9.47 Å². The van der Waals surface area contributed by atoms with Crippen molar-refractivity contribution in [1.82, 2.24) is 4.90 Å². The van der Waals surface area contributed by atoms with Crippen LogP contribution in [0.3, 0.4) is 0 Å². The lowest BCUT2D eigenvalue weighted by atomic mass is 10.1. The number of ether oxygens (including phenoxy) is 2. The molecular formula is C26H20ClNO5S. The maximum atomic E-state index is 13.0. The molecule has 0 bridgehead atoms. The van der Waals surface area contributed by atoms with E-state index in [9.17, 15) is 14.4 Å². The monoisotopic (exact) mass is 493 g/mol. The Balaban J connectivity index is 1.63. The summed E-state index contributed by atoms with van der Waals surface area (Å²) >= 11 is 6.74. The van der Waals surface area contributed by atoms with Gasteiger partial charge < -0.3 is 9.47 Å². The quantitative estimate of drug-likeness (QED) is 0.234. The molecule has 0 aromatic heterocycles. The van der Waals surface area contributed by atoms with Gasteiger partial charge in [-0.3, -0.25) is 14.5 Å². The molecule has 8 heteroatoms. The number of rotatable bonds is 6. The molecule has 4 rings (SSSR count). The maximum absolute atomic E-state index is 13.0. The summed E-state index contributed by atoms with van der Waals surface area (Å²) in [6.07, 6.45) is 1.54. The minimum atomic E-state index is -0.608. The number of amides is 2. The fourth-order valence-electron chi connectivity index (χ4n) is 3.39. The minimum absolute atomic E-state index is 0.149. The molecule has 34 heavy (non-hydrogen) atoms. The number of carbonyl (C=O) groups excluding carboxylic acids is 3. The van der Waals surface area contributed by atoms with Crippen molar-refractivity contribution < 1.29 is 23.9 Å². The zero-order chi connectivity index (χ0) is 24.2. The van der Waals surface area contributed by atoms with Gasteiger partial charge in [-0.15, -0.1) is 0 Å². The van der Waals surface area contributed by atoms with Crippen molar-refractivity contribution in [2.24, 2.45) is 0 Å². The van der Waals surface area contributed by atoms with E-state index in [2.05, 4.69) is 0 Å². The highest BCUT2D eigenvalue weighted by Crippen LogP contribution is 2.38. The number of nitrogens with zero attached hydrogens (tertiary/aromatic N) is 1. The lowest BCUT2D eigenvalue weighted by Crippen LogP contribution is -2.27. The average Bonchev–Trinajstić information content (AvgIpc) is 3.09. The molecule has 3 aromatic carbocycles. The second-order valence-electron chi connectivity index (χ2n) is 7.47. The lowest BCUT2D eigenvalue weighted by Gasteiger charge is -2.14. The van der Waals surface area contributed by atoms with E-state index in [0.29, 0.717) is 21.9 Å². The molecule has 1 fully saturated rings. The van der Waals surface area contributed by atoms with Gasteiger partial charge in [0.15, 0.2) is 11.5 Å². The number of hydrogen-bond acceptors (Lipinski definition) is 6. The predicted molar refractivity (Wildman–Crippen MR) is 132 cm³/mol. The van der Waals surface area contributed by atoms with Crippen molar-refractivity contribution in [1.29, 1.82) is 0 Å². The topological polar surface area (TPSA) is 72.9 Å². The van der Waals surface area contributed by atoms with Gasteiger partial charge in [-0.2, -0.15) is 0 Å². The van der Waals surface area contributed by atoms with Crippen LogP contribution >= 0.6 is 23.4 Å². The van der Waals surface area contributed by atoms with Crippen LogP contribution in [0.2, 0.25) is 5.02 Å². The van der Waals surface area contributed by atoms with Gasteiger partial charge in [0.1, 0.15) is 0 Å². The third-order valence-electron chi connectivity index (χ3n) is 5.25. The number of esters is 1. The summed E-state index contributed by atoms with van der Waals surface area (Å²) < 4.78 is 11.0. The smallest absolute Gasteiger partial charge is 0.343 e. The largest absolute Gasteiger partial charge is 0.493 e. The highest BCUT2D eigenvalue weighted by Gasteiger charge is 2.35. The number of aryl methyl sites for hydroxylation is 1. The van der Waals surface area contributed by atoms with Crippen LogP contribution in [0, 0.1) is 6.92 Å². The van der Waals surface area contributed by atoms with Crippen LogP contribution in [-0.2, 0) is 11.3 Å². The Kier molecular flexibility index (Phi) is 7.05. The van der Waals surface area contributed by atoms with Gasteiger partial charge in [0.05, 0.1) is 24.1 Å². The fourth-order valence-corrected chi connectivity index (χ4v) is 4.34. The minimum Gasteiger partial charge on any atom is -0.493 e. The van der Waals surface area contributed by atoms with Gasteiger partial charge in [0, 0.05) is 10.6 Å². The first-order valence-corrected chi connectivity index (χ1v) is 11.5. The first-order chi connectivity index (χ1) is 16.4. The van der Waals surface area contributed by atoms with Crippen LogP contribution in [0.15, 0.2) is 71.6 Å². The van der Waals surface area contributed by atoms with Crippen molar-refractivity contribution in [2.75, 3.05) is 7.11 Å². The number of benzene rings is 3. The summed E-state index contributed by atoms with van der Waals surface area (Å²) in [6.45, 7) is 2.12. The van der Waals surface area contributed by atoms with E-state index in [1.807, 2.05) is 31.2 Å². The standard InChI is InChI=1S/C26H20ClNO5S/c1-16-6-3-4-7-19(16)15-28-24(29)22(34-26(28)31)14-18-8-5-9-21(32-2)23(18)33-25(30)17-10-12-20(27)13-11-17/h3-14H,15H2,1-2H3/b22-14-. The Morgan fingerprint density at radius 1 is 1.03 bits per heavy atom. The Morgan fingerprint density at radius 3 is 2.47 bits per heavy atom. The van der Waals surface area contributed by atoms with Gasteiger partial charge in [0.25, 0.3) is 11.1 Å². The van der Waals surface area contributed by atoms with Gasteiger partial charge >= 0.3 is 5.97 Å². The van der Waals surface area contributed by atoms with Crippen LogP contribution in [-0.4, -0.2) is 29.1 Å². The fraction of sp³-hybridized carbons (Fsp3) is 0.115. The number of methoxy groups -OCH3 is 1. The number of hydrogen-bond donors (Lipinski definition) is 0. The molecule has 1 saturated heterocycles. The van der Waals surface area contributed by atoms with E-state index >= 15 is 0 Å². The zero-order valence-electron chi connectivity index (χ0n) is 18.4. The van der Waals surface area contributed by atoms with Crippen molar-refractivity contribution in [3.05, 3.63) is 98.9 Å². The number of para-hydroxylation sites is 1. The molecule has 0 spiro atoms. The van der Waals surface area contributed by atoms with Gasteiger partial charge in [-0.25, -0.2) is 4.79 Å². The van der Waals surface area contributed by atoms with E-state index in [4.69, 9.17) is 21.1 Å². The molecular weight excluding hydrogens is 474 g/mol. The normalized spacial score (nSPS) is 14.6. The Hall–Kier alpha value is -3.55. The summed E-state index contributed by atoms with van der Waals surface area (Å²) in [6, 6.07) is 18.9. The van der Waals surface area contributed by atoms with Crippen molar-refractivity contribution >= 4 is 46.6 Å². The molecule has 1 aliphatic rings. The maximum Gasteiger partial charge on any atom is 0.343 e. The van der Waals surface area contributed by atoms with Gasteiger partial charge in [-0.1, -0.05) is 48.0 Å². The van der Waals surface area contributed by atoms with Crippen molar-refractivity contribution in [3.63, 3.8) is 0 Å². The molecule has 3 aromatic rings. The number of halogens is 1. The summed E-state index contributed by atoms with van der Waals surface area (Å²) in [7, 11) is 1.45. The van der Waals surface area contributed by atoms with Gasteiger partial charge in [-0.05, 0) is 66.2 Å². The third-order valence-corrected chi connectivity index (χ3v) is 6.41. The molecule has 2 amide bonds. The molecule has 172 valence electrons. The second-order valence-corrected chi connectivity index (χ2v) is 8.90. The first kappa shape index (κ1) is 23.6. The van der Waals surface area contributed by atoms with Crippen LogP contribution in [0.5, 0.6) is 11.5 Å². The summed E-state index contributed by atoms with van der Waals surface area (Å²) in [4.78, 5) is 39.8. The molecule has 6 nitrogen and oxygen atoms in total. The molecule has 0 N–H and O–H groups in total. The van der Waals surface area contributed by atoms with Gasteiger partial charge in [0.2, 0.25) is 0 Å². The molecule has 0 unspecified atom stereocenters. The summed E-state index contributed by atoms with van der Waals surface area (Å²) in [5.41, 5.74) is 2.63. The summed E-state index contributed by atoms with van der Waals surface area (Å²) in [5.74, 6) is -0.551.